The number of hydrazine groups is 1. The molecule has 0 saturated carbocycles. The standard InChI is InChI=1S/C7H8N2O.C6H6N2O3S/c1-8-7(10)6-4-2-3-5-9-6;7-8-5(9)3-1-2-4(12-3)6(10)11/h2-5H,1H3,(H,8,10);1-2H,7H2,(H,8,9)(H,10,11). The number of carboxylic acids is 1. The topological polar surface area (TPSA) is 134 Å². The Morgan fingerprint density at radius 3 is 2.27 bits per heavy atom. The molecule has 22 heavy (non-hydrogen) atoms. The van der Waals surface area contributed by atoms with E-state index in [1.54, 1.807) is 31.4 Å². The minimum absolute atomic E-state index is 0.119. The van der Waals surface area contributed by atoms with E-state index in [2.05, 4.69) is 10.3 Å². The van der Waals surface area contributed by atoms with Gasteiger partial charge in [0.15, 0.2) is 0 Å². The molecule has 116 valence electrons. The van der Waals surface area contributed by atoms with Crippen LogP contribution in [0.5, 0.6) is 0 Å². The fraction of sp³-hybridized carbons (Fsp3) is 0.0769. The number of rotatable bonds is 3. The van der Waals surface area contributed by atoms with Gasteiger partial charge in [-0.1, -0.05) is 6.07 Å². The normalized spacial score (nSPS) is 9.18. The second-order valence-electron chi connectivity index (χ2n) is 3.74. The highest BCUT2D eigenvalue weighted by molar-refractivity contribution is 7.15. The van der Waals surface area contributed by atoms with E-state index in [1.165, 1.54) is 12.1 Å². The summed E-state index contributed by atoms with van der Waals surface area (Å²) < 4.78 is 0. The van der Waals surface area contributed by atoms with E-state index in [0.717, 1.165) is 11.3 Å². The van der Waals surface area contributed by atoms with Crippen molar-refractivity contribution in [3.63, 3.8) is 0 Å². The maximum atomic E-state index is 10.8. The van der Waals surface area contributed by atoms with E-state index in [-0.39, 0.29) is 15.7 Å². The third-order valence-electron chi connectivity index (χ3n) is 2.30. The van der Waals surface area contributed by atoms with Gasteiger partial charge in [0.1, 0.15) is 10.6 Å². The maximum absolute atomic E-state index is 10.8. The van der Waals surface area contributed by atoms with Crippen molar-refractivity contribution in [2.45, 2.75) is 0 Å². The summed E-state index contributed by atoms with van der Waals surface area (Å²) in [6.45, 7) is 0. The molecule has 5 N–H and O–H groups in total. The van der Waals surface area contributed by atoms with Crippen molar-refractivity contribution in [2.24, 2.45) is 5.84 Å². The molecule has 2 amide bonds. The Balaban J connectivity index is 0.000000224. The number of hydrogen-bond donors (Lipinski definition) is 4. The van der Waals surface area contributed by atoms with Crippen molar-refractivity contribution in [2.75, 3.05) is 7.05 Å². The Kier molecular flexibility index (Phi) is 6.67. The van der Waals surface area contributed by atoms with Crippen LogP contribution in [-0.2, 0) is 0 Å². The number of aromatic carboxylic acids is 1. The van der Waals surface area contributed by atoms with Gasteiger partial charge in [-0.2, -0.15) is 0 Å². The second kappa shape index (κ2) is 8.49. The second-order valence-corrected chi connectivity index (χ2v) is 4.82. The molecule has 8 nitrogen and oxygen atoms in total. The molecule has 2 aromatic heterocycles. The van der Waals surface area contributed by atoms with E-state index in [0.29, 0.717) is 5.69 Å². The van der Waals surface area contributed by atoms with Crippen LogP contribution in [0.1, 0.15) is 29.8 Å². The third kappa shape index (κ3) is 4.96. The van der Waals surface area contributed by atoms with Gasteiger partial charge < -0.3 is 10.4 Å². The quantitative estimate of drug-likeness (QED) is 0.369. The number of nitrogens with zero attached hydrogens (tertiary/aromatic N) is 1. The number of hydrogen-bond acceptors (Lipinski definition) is 6. The monoisotopic (exact) mass is 322 g/mol. The van der Waals surface area contributed by atoms with E-state index in [1.807, 2.05) is 5.43 Å². The summed E-state index contributed by atoms with van der Waals surface area (Å²) in [5.41, 5.74) is 2.36. The van der Waals surface area contributed by atoms with Gasteiger partial charge in [-0.05, 0) is 24.3 Å². The maximum Gasteiger partial charge on any atom is 0.345 e. The minimum Gasteiger partial charge on any atom is -0.477 e. The molecule has 0 aliphatic rings. The predicted molar refractivity (Wildman–Crippen MR) is 80.6 cm³/mol. The molecule has 0 bridgehead atoms. The highest BCUT2D eigenvalue weighted by Gasteiger charge is 2.11. The van der Waals surface area contributed by atoms with Crippen molar-refractivity contribution in [3.05, 3.63) is 52.0 Å². The number of aromatic nitrogens is 1. The van der Waals surface area contributed by atoms with Crippen LogP contribution in [0, 0.1) is 0 Å². The molecule has 0 aliphatic carbocycles. The lowest BCUT2D eigenvalue weighted by molar-refractivity contribution is 0.0701. The lowest BCUT2D eigenvalue weighted by atomic mass is 10.3. The largest absolute Gasteiger partial charge is 0.477 e. The SMILES string of the molecule is CNC(=O)c1ccccn1.NNC(=O)c1ccc(C(=O)O)s1. The van der Waals surface area contributed by atoms with Gasteiger partial charge in [0.2, 0.25) is 0 Å². The van der Waals surface area contributed by atoms with Crippen LogP contribution in [0.25, 0.3) is 0 Å². The van der Waals surface area contributed by atoms with Crippen molar-refractivity contribution in [1.29, 1.82) is 0 Å². The van der Waals surface area contributed by atoms with Gasteiger partial charge in [0, 0.05) is 13.2 Å². The molecule has 0 unspecified atom stereocenters. The number of nitrogens with two attached hydrogens (primary N) is 1. The van der Waals surface area contributed by atoms with Gasteiger partial charge >= 0.3 is 5.97 Å². The molecule has 9 heteroatoms. The van der Waals surface area contributed by atoms with Crippen LogP contribution in [0.3, 0.4) is 0 Å². The molecular weight excluding hydrogens is 308 g/mol. The number of carbonyl (C=O) groups excluding carboxylic acids is 2. The van der Waals surface area contributed by atoms with E-state index < -0.39 is 11.9 Å². The highest BCUT2D eigenvalue weighted by atomic mass is 32.1. The average Bonchev–Trinajstić information content (AvgIpc) is 3.05. The van der Waals surface area contributed by atoms with Crippen LogP contribution < -0.4 is 16.6 Å². The van der Waals surface area contributed by atoms with Crippen molar-refractivity contribution in [3.8, 4) is 0 Å². The lowest BCUT2D eigenvalue weighted by Crippen LogP contribution is -2.29. The summed E-state index contributed by atoms with van der Waals surface area (Å²) in [5, 5.41) is 11.0. The number of carbonyl (C=O) groups is 3. The summed E-state index contributed by atoms with van der Waals surface area (Å²) in [4.78, 5) is 36.3. The fourth-order valence-electron chi connectivity index (χ4n) is 1.27. The molecule has 0 fully saturated rings. The molecule has 0 atom stereocenters. The molecule has 0 radical (unpaired) electrons. The molecule has 2 aromatic rings. The Hall–Kier alpha value is -2.78. The van der Waals surface area contributed by atoms with Crippen LogP contribution >= 0.6 is 11.3 Å². The molecule has 0 spiro atoms. The number of pyridine rings is 1. The zero-order valence-corrected chi connectivity index (χ0v) is 12.4. The number of thiophene rings is 1. The van der Waals surface area contributed by atoms with E-state index in [4.69, 9.17) is 10.9 Å². The first-order chi connectivity index (χ1) is 10.5. The third-order valence-corrected chi connectivity index (χ3v) is 3.37. The Bertz CT molecular complexity index is 657. The fourth-order valence-corrected chi connectivity index (χ4v) is 2.02. The van der Waals surface area contributed by atoms with Gasteiger partial charge in [-0.15, -0.1) is 11.3 Å². The smallest absolute Gasteiger partial charge is 0.345 e. The zero-order valence-electron chi connectivity index (χ0n) is 11.6. The molecule has 0 saturated heterocycles. The van der Waals surface area contributed by atoms with Crippen LogP contribution in [0.4, 0.5) is 0 Å². The Labute approximate surface area is 130 Å². The number of amides is 2. The van der Waals surface area contributed by atoms with E-state index in [9.17, 15) is 14.4 Å². The molecule has 2 rings (SSSR count). The van der Waals surface area contributed by atoms with Gasteiger partial charge in [0.25, 0.3) is 11.8 Å². The number of nitrogens with one attached hydrogen (secondary N) is 2. The minimum atomic E-state index is -1.05. The summed E-state index contributed by atoms with van der Waals surface area (Å²) in [7, 11) is 1.58. The van der Waals surface area contributed by atoms with Crippen molar-refractivity contribution in [1.82, 2.24) is 15.7 Å². The number of carboxylic acid groups (broad SMARTS) is 1. The van der Waals surface area contributed by atoms with E-state index >= 15 is 0 Å². The predicted octanol–water partition coefficient (Wildman–Crippen LogP) is 0.491. The number of nitrogen functional groups attached to an aromatic ring is 1. The first-order valence-corrected chi connectivity index (χ1v) is 6.78. The summed E-state index contributed by atoms with van der Waals surface area (Å²) >= 11 is 0.882. The van der Waals surface area contributed by atoms with Crippen molar-refractivity contribution >= 4 is 29.1 Å². The van der Waals surface area contributed by atoms with Gasteiger partial charge in [-0.3, -0.25) is 20.0 Å². The Morgan fingerprint density at radius 2 is 1.82 bits per heavy atom. The zero-order chi connectivity index (χ0) is 16.5. The Morgan fingerprint density at radius 1 is 1.14 bits per heavy atom. The summed E-state index contributed by atoms with van der Waals surface area (Å²) in [6.07, 6.45) is 1.59. The molecule has 0 aliphatic heterocycles. The van der Waals surface area contributed by atoms with Gasteiger partial charge in [-0.25, -0.2) is 10.6 Å². The summed E-state index contributed by atoms with van der Waals surface area (Å²) in [5.74, 6) is 3.17. The van der Waals surface area contributed by atoms with Crippen molar-refractivity contribution < 1.29 is 19.5 Å². The average molecular weight is 322 g/mol. The van der Waals surface area contributed by atoms with Gasteiger partial charge in [0.05, 0.1) is 4.88 Å². The van der Waals surface area contributed by atoms with Crippen LogP contribution in [0.2, 0.25) is 0 Å². The highest BCUT2D eigenvalue weighted by Crippen LogP contribution is 2.15. The molecule has 0 aromatic carbocycles. The lowest BCUT2D eigenvalue weighted by Gasteiger charge is -1.94. The van der Waals surface area contributed by atoms with Crippen LogP contribution in [0.15, 0.2) is 36.5 Å². The first-order valence-electron chi connectivity index (χ1n) is 5.96. The molecule has 2 heterocycles. The molecular formula is C13H14N4O4S. The summed E-state index contributed by atoms with van der Waals surface area (Å²) in [6, 6.07) is 7.98. The van der Waals surface area contributed by atoms with Crippen LogP contribution in [-0.4, -0.2) is 34.9 Å². The first kappa shape index (κ1) is 17.3.